The summed E-state index contributed by atoms with van der Waals surface area (Å²) in [5, 5.41) is 19.1. The van der Waals surface area contributed by atoms with E-state index in [4.69, 9.17) is 0 Å². The van der Waals surface area contributed by atoms with E-state index in [1.807, 2.05) is 0 Å². The van der Waals surface area contributed by atoms with E-state index in [2.05, 4.69) is 11.8 Å². The van der Waals surface area contributed by atoms with Gasteiger partial charge in [-0.25, -0.2) is 0 Å². The van der Waals surface area contributed by atoms with Gasteiger partial charge in [-0.2, -0.15) is 0 Å². The maximum absolute atomic E-state index is 9.57. The van der Waals surface area contributed by atoms with Crippen LogP contribution in [0.15, 0.2) is 12.1 Å². The summed E-state index contributed by atoms with van der Waals surface area (Å²) in [5.74, 6) is 0.00955. The van der Waals surface area contributed by atoms with Crippen molar-refractivity contribution in [2.45, 2.75) is 52.0 Å². The maximum atomic E-state index is 9.57. The Kier molecular flexibility index (Phi) is 7.38. The summed E-state index contributed by atoms with van der Waals surface area (Å²) in [6, 6.07) is 3.43. The molecule has 0 amide bonds. The third-order valence-electron chi connectivity index (χ3n) is 3.97. The van der Waals surface area contributed by atoms with Gasteiger partial charge in [0.1, 0.15) is 0 Å². The second kappa shape index (κ2) is 8.53. The number of hydrogen-bond donors (Lipinski definition) is 2. The fourth-order valence-corrected chi connectivity index (χ4v) is 2.77. The van der Waals surface area contributed by atoms with Crippen molar-refractivity contribution < 1.29 is 10.2 Å². The molecule has 20 heavy (non-hydrogen) atoms. The van der Waals surface area contributed by atoms with Gasteiger partial charge in [-0.1, -0.05) is 32.6 Å². The molecular formula is C16H26BrNO2. The molecule has 3 nitrogen and oxygen atoms in total. The van der Waals surface area contributed by atoms with Gasteiger partial charge >= 0.3 is 0 Å². The van der Waals surface area contributed by atoms with E-state index in [1.54, 1.807) is 12.1 Å². The van der Waals surface area contributed by atoms with E-state index < -0.39 is 0 Å². The molecule has 0 fully saturated rings. The average Bonchev–Trinajstić information content (AvgIpc) is 2.40. The molecule has 0 aromatic heterocycles. The first-order valence-corrected chi connectivity index (χ1v) is 7.46. The Hall–Kier alpha value is -0.740. The molecular weight excluding hydrogens is 318 g/mol. The van der Waals surface area contributed by atoms with Gasteiger partial charge in [0, 0.05) is 13.1 Å². The molecule has 2 N–H and O–H groups in total. The second-order valence-corrected chi connectivity index (χ2v) is 5.55. The highest BCUT2D eigenvalue weighted by Crippen LogP contribution is 2.31. The highest BCUT2D eigenvalue weighted by molar-refractivity contribution is 8.93. The smallest absolute Gasteiger partial charge is 0.157 e. The van der Waals surface area contributed by atoms with E-state index in [1.165, 1.54) is 37.7 Å². The number of phenolic OH excluding ortho intramolecular Hbond substituents is 2. The van der Waals surface area contributed by atoms with E-state index in [0.717, 1.165) is 31.6 Å². The van der Waals surface area contributed by atoms with Crippen LogP contribution in [0.5, 0.6) is 11.5 Å². The standard InChI is InChI=1S/C16H25NO2.BrH/c1-2-3-4-5-6-8-17-9-7-13-10-15(18)16(19)11-14(13)12-17;/h10-11,18-19H,2-9,12H2,1H3;1H. The van der Waals surface area contributed by atoms with Crippen molar-refractivity contribution >= 4 is 17.0 Å². The lowest BCUT2D eigenvalue weighted by molar-refractivity contribution is 0.247. The van der Waals surface area contributed by atoms with Crippen molar-refractivity contribution in [3.05, 3.63) is 23.3 Å². The highest BCUT2D eigenvalue weighted by Gasteiger charge is 2.17. The lowest BCUT2D eigenvalue weighted by Crippen LogP contribution is -2.31. The van der Waals surface area contributed by atoms with E-state index >= 15 is 0 Å². The van der Waals surface area contributed by atoms with Crippen LogP contribution in [-0.2, 0) is 13.0 Å². The lowest BCUT2D eigenvalue weighted by atomic mass is 9.98. The summed E-state index contributed by atoms with van der Waals surface area (Å²) in [6.45, 7) is 5.34. The van der Waals surface area contributed by atoms with Crippen LogP contribution < -0.4 is 0 Å². The summed E-state index contributed by atoms with van der Waals surface area (Å²) < 4.78 is 0. The minimum absolute atomic E-state index is 0. The molecule has 114 valence electrons. The molecule has 0 aliphatic carbocycles. The van der Waals surface area contributed by atoms with Crippen molar-refractivity contribution in [3.63, 3.8) is 0 Å². The highest BCUT2D eigenvalue weighted by atomic mass is 79.9. The Bertz CT molecular complexity index is 423. The SMILES string of the molecule is Br.CCCCCCCN1CCc2cc(O)c(O)cc2C1. The number of unbranched alkanes of at least 4 members (excludes halogenated alkanes) is 4. The zero-order valence-electron chi connectivity index (χ0n) is 12.3. The van der Waals surface area contributed by atoms with Crippen LogP contribution in [0.25, 0.3) is 0 Å². The Morgan fingerprint density at radius 1 is 1.00 bits per heavy atom. The second-order valence-electron chi connectivity index (χ2n) is 5.55. The van der Waals surface area contributed by atoms with Gasteiger partial charge in [-0.3, -0.25) is 4.90 Å². The molecule has 1 aliphatic heterocycles. The van der Waals surface area contributed by atoms with Crippen LogP contribution in [0.4, 0.5) is 0 Å². The molecule has 0 atom stereocenters. The third-order valence-corrected chi connectivity index (χ3v) is 3.97. The number of rotatable bonds is 6. The van der Waals surface area contributed by atoms with Crippen LogP contribution in [0.1, 0.15) is 50.2 Å². The molecule has 0 spiro atoms. The van der Waals surface area contributed by atoms with Crippen LogP contribution in [0.2, 0.25) is 0 Å². The molecule has 0 radical (unpaired) electrons. The van der Waals surface area contributed by atoms with Crippen molar-refractivity contribution in [2.24, 2.45) is 0 Å². The largest absolute Gasteiger partial charge is 0.504 e. The van der Waals surface area contributed by atoms with E-state index in [9.17, 15) is 10.2 Å². The summed E-state index contributed by atoms with van der Waals surface area (Å²) in [7, 11) is 0. The van der Waals surface area contributed by atoms with Gasteiger partial charge in [-0.05, 0) is 42.6 Å². The molecule has 1 aromatic rings. The van der Waals surface area contributed by atoms with Crippen molar-refractivity contribution in [2.75, 3.05) is 13.1 Å². The predicted molar refractivity (Wildman–Crippen MR) is 87.8 cm³/mol. The number of benzene rings is 1. The molecule has 1 heterocycles. The summed E-state index contributed by atoms with van der Waals surface area (Å²) in [4.78, 5) is 2.45. The topological polar surface area (TPSA) is 43.7 Å². The lowest BCUT2D eigenvalue weighted by Gasteiger charge is -2.29. The molecule has 2 rings (SSSR count). The van der Waals surface area contributed by atoms with Crippen LogP contribution in [-0.4, -0.2) is 28.2 Å². The zero-order valence-corrected chi connectivity index (χ0v) is 14.0. The van der Waals surface area contributed by atoms with Crippen LogP contribution >= 0.6 is 17.0 Å². The molecule has 1 aromatic carbocycles. The fourth-order valence-electron chi connectivity index (χ4n) is 2.77. The number of nitrogens with zero attached hydrogens (tertiary/aromatic N) is 1. The first-order chi connectivity index (χ1) is 9.20. The number of fused-ring (bicyclic) bond motifs is 1. The first kappa shape index (κ1) is 17.3. The minimum atomic E-state index is 0. The molecule has 4 heteroatoms. The monoisotopic (exact) mass is 343 g/mol. The molecule has 0 saturated carbocycles. The van der Waals surface area contributed by atoms with Gasteiger partial charge in [-0.15, -0.1) is 17.0 Å². The maximum Gasteiger partial charge on any atom is 0.157 e. The number of phenols is 2. The van der Waals surface area contributed by atoms with Crippen molar-refractivity contribution in [3.8, 4) is 11.5 Å². The first-order valence-electron chi connectivity index (χ1n) is 7.46. The van der Waals surface area contributed by atoms with Crippen LogP contribution in [0.3, 0.4) is 0 Å². The normalized spacial score (nSPS) is 14.7. The molecule has 0 bridgehead atoms. The molecule has 0 unspecified atom stereocenters. The quantitative estimate of drug-likeness (QED) is 0.605. The van der Waals surface area contributed by atoms with E-state index in [-0.39, 0.29) is 28.5 Å². The van der Waals surface area contributed by atoms with Crippen molar-refractivity contribution in [1.29, 1.82) is 0 Å². The number of halogens is 1. The van der Waals surface area contributed by atoms with Gasteiger partial charge in [0.2, 0.25) is 0 Å². The van der Waals surface area contributed by atoms with Gasteiger partial charge in [0.15, 0.2) is 11.5 Å². The number of aromatic hydroxyl groups is 2. The third kappa shape index (κ3) is 4.67. The van der Waals surface area contributed by atoms with Gasteiger partial charge < -0.3 is 10.2 Å². The van der Waals surface area contributed by atoms with E-state index in [0.29, 0.717) is 0 Å². The Labute approximate surface area is 132 Å². The Morgan fingerprint density at radius 2 is 1.65 bits per heavy atom. The Balaban J connectivity index is 0.00000200. The van der Waals surface area contributed by atoms with Crippen molar-refractivity contribution in [1.82, 2.24) is 4.90 Å². The summed E-state index contributed by atoms with van der Waals surface area (Å²) in [5.41, 5.74) is 2.34. The Morgan fingerprint density at radius 3 is 2.35 bits per heavy atom. The molecule has 0 saturated heterocycles. The predicted octanol–water partition coefficient (Wildman–Crippen LogP) is 4.00. The summed E-state index contributed by atoms with van der Waals surface area (Å²) >= 11 is 0. The van der Waals surface area contributed by atoms with Gasteiger partial charge in [0.05, 0.1) is 0 Å². The minimum Gasteiger partial charge on any atom is -0.504 e. The zero-order chi connectivity index (χ0) is 13.7. The van der Waals surface area contributed by atoms with Gasteiger partial charge in [0.25, 0.3) is 0 Å². The summed E-state index contributed by atoms with van der Waals surface area (Å²) in [6.07, 6.45) is 7.53. The fraction of sp³-hybridized carbons (Fsp3) is 0.625. The average molecular weight is 344 g/mol. The van der Waals surface area contributed by atoms with Crippen LogP contribution in [0, 0.1) is 0 Å². The number of hydrogen-bond acceptors (Lipinski definition) is 3. The molecule has 1 aliphatic rings.